The Morgan fingerprint density at radius 1 is 1.14 bits per heavy atom. The van der Waals surface area contributed by atoms with Gasteiger partial charge >= 0.3 is 5.69 Å². The zero-order valence-corrected chi connectivity index (χ0v) is 14.1. The molecule has 22 heavy (non-hydrogen) atoms. The highest BCUT2D eigenvalue weighted by atomic mass is 16.2. The highest BCUT2D eigenvalue weighted by Crippen LogP contribution is 2.07. The number of quaternary nitrogens is 1. The smallest absolute Gasteiger partial charge is 0.332 e. The zero-order valence-electron chi connectivity index (χ0n) is 14.1. The second kappa shape index (κ2) is 6.08. The molecule has 2 aromatic rings. The number of fused-ring (bicyclic) bond motifs is 1. The number of imidazole rings is 1. The topological polar surface area (TPSA) is 72.7 Å². The van der Waals surface area contributed by atoms with Crippen molar-refractivity contribution in [3.63, 3.8) is 0 Å². The lowest BCUT2D eigenvalue weighted by atomic mass is 10.3. The summed E-state index contributed by atoms with van der Waals surface area (Å²) in [6, 6.07) is 0. The van der Waals surface area contributed by atoms with Crippen molar-refractivity contribution in [3.8, 4) is 0 Å². The van der Waals surface area contributed by atoms with Crippen molar-refractivity contribution in [1.82, 2.24) is 19.1 Å². The minimum absolute atomic E-state index is 0.275. The molecular formula is C15H26N5O2+. The number of aromatic nitrogens is 4. The molecule has 0 atom stereocenters. The second-order valence-corrected chi connectivity index (χ2v) is 6.39. The number of aryl methyl sites for hydroxylation is 1. The lowest BCUT2D eigenvalue weighted by molar-refractivity contribution is -0.890. The molecule has 122 valence electrons. The van der Waals surface area contributed by atoms with Gasteiger partial charge < -0.3 is 9.47 Å². The van der Waals surface area contributed by atoms with Gasteiger partial charge in [-0.15, -0.1) is 0 Å². The fourth-order valence-corrected chi connectivity index (χ4v) is 2.85. The quantitative estimate of drug-likeness (QED) is 0.799. The number of hydrogen-bond acceptors (Lipinski definition) is 3. The van der Waals surface area contributed by atoms with Crippen LogP contribution in [0.2, 0.25) is 0 Å². The number of H-pyrrole nitrogens is 1. The molecule has 2 heterocycles. The summed E-state index contributed by atoms with van der Waals surface area (Å²) in [6.07, 6.45) is 1.09. The van der Waals surface area contributed by atoms with Crippen LogP contribution in [-0.4, -0.2) is 50.8 Å². The first-order chi connectivity index (χ1) is 10.3. The van der Waals surface area contributed by atoms with E-state index < -0.39 is 0 Å². The van der Waals surface area contributed by atoms with Gasteiger partial charge in [0.25, 0.3) is 5.56 Å². The molecule has 0 saturated heterocycles. The van der Waals surface area contributed by atoms with Crippen molar-refractivity contribution in [2.24, 2.45) is 0 Å². The summed E-state index contributed by atoms with van der Waals surface area (Å²) in [7, 11) is 4.30. The van der Waals surface area contributed by atoms with E-state index in [1.165, 1.54) is 4.57 Å². The SMILES string of the molecule is CCC[N+](C)(C)CCn1c(=O)n(CC)c(=O)c2[nH]c(C)nc21. The molecule has 0 amide bonds. The van der Waals surface area contributed by atoms with Crippen LogP contribution in [-0.2, 0) is 13.1 Å². The van der Waals surface area contributed by atoms with E-state index in [1.54, 1.807) is 18.4 Å². The normalized spacial score (nSPS) is 12.2. The first-order valence-corrected chi connectivity index (χ1v) is 7.82. The Balaban J connectivity index is 2.53. The van der Waals surface area contributed by atoms with Crippen molar-refractivity contribution in [2.45, 2.75) is 40.3 Å². The third-order valence-electron chi connectivity index (χ3n) is 4.05. The molecule has 0 fully saturated rings. The van der Waals surface area contributed by atoms with Crippen LogP contribution >= 0.6 is 0 Å². The summed E-state index contributed by atoms with van der Waals surface area (Å²) < 4.78 is 3.72. The molecule has 2 rings (SSSR count). The standard InChI is InChI=1S/C15H25N5O2/c1-6-9-20(4,5)10-8-19-13-12(16-11(3)17-13)14(21)18(7-2)15(19)22/h6-10H2,1-5H3/p+1. The predicted octanol–water partition coefficient (Wildman–Crippen LogP) is 0.701. The first-order valence-electron chi connectivity index (χ1n) is 7.82. The van der Waals surface area contributed by atoms with Gasteiger partial charge in [0.1, 0.15) is 11.3 Å². The molecule has 0 aliphatic rings. The molecule has 2 aromatic heterocycles. The maximum atomic E-state index is 12.6. The highest BCUT2D eigenvalue weighted by Gasteiger charge is 2.19. The molecule has 0 aliphatic heterocycles. The van der Waals surface area contributed by atoms with Crippen LogP contribution in [0.15, 0.2) is 9.59 Å². The third kappa shape index (κ3) is 2.99. The van der Waals surface area contributed by atoms with Gasteiger partial charge in [0.05, 0.1) is 33.7 Å². The predicted molar refractivity (Wildman–Crippen MR) is 87.2 cm³/mol. The lowest BCUT2D eigenvalue weighted by Gasteiger charge is -2.29. The van der Waals surface area contributed by atoms with Crippen LogP contribution in [0.3, 0.4) is 0 Å². The lowest BCUT2D eigenvalue weighted by Crippen LogP contribution is -2.46. The summed E-state index contributed by atoms with van der Waals surface area (Å²) in [4.78, 5) is 32.2. The number of aromatic amines is 1. The molecule has 0 aromatic carbocycles. The third-order valence-corrected chi connectivity index (χ3v) is 4.05. The van der Waals surface area contributed by atoms with E-state index in [2.05, 4.69) is 31.0 Å². The van der Waals surface area contributed by atoms with Gasteiger partial charge in [-0.3, -0.25) is 13.9 Å². The summed E-state index contributed by atoms with van der Waals surface area (Å²) in [5.74, 6) is 0.649. The molecule has 1 N–H and O–H groups in total. The van der Waals surface area contributed by atoms with Gasteiger partial charge in [0.2, 0.25) is 0 Å². The van der Waals surface area contributed by atoms with Crippen molar-refractivity contribution < 1.29 is 4.48 Å². The fraction of sp³-hybridized carbons (Fsp3) is 0.667. The number of likely N-dealkylation sites (N-methyl/N-ethyl adjacent to an activating group) is 1. The Bertz CT molecular complexity index is 782. The highest BCUT2D eigenvalue weighted by molar-refractivity contribution is 5.69. The summed E-state index contributed by atoms with van der Waals surface area (Å²) >= 11 is 0. The minimum atomic E-state index is -0.290. The van der Waals surface area contributed by atoms with Crippen molar-refractivity contribution in [1.29, 1.82) is 0 Å². The Hall–Kier alpha value is -1.89. The monoisotopic (exact) mass is 308 g/mol. The fourth-order valence-electron chi connectivity index (χ4n) is 2.85. The average Bonchev–Trinajstić information content (AvgIpc) is 2.81. The number of nitrogens with zero attached hydrogens (tertiary/aromatic N) is 4. The van der Waals surface area contributed by atoms with Gasteiger partial charge in [-0.1, -0.05) is 6.92 Å². The first kappa shape index (κ1) is 16.5. The van der Waals surface area contributed by atoms with E-state index in [-0.39, 0.29) is 11.2 Å². The van der Waals surface area contributed by atoms with Crippen molar-refractivity contribution in [3.05, 3.63) is 26.7 Å². The minimum Gasteiger partial charge on any atom is -0.336 e. The Kier molecular flexibility index (Phi) is 4.55. The Morgan fingerprint density at radius 2 is 1.82 bits per heavy atom. The van der Waals surface area contributed by atoms with E-state index in [1.807, 2.05) is 0 Å². The summed E-state index contributed by atoms with van der Waals surface area (Å²) in [5, 5.41) is 0. The van der Waals surface area contributed by atoms with E-state index in [0.29, 0.717) is 30.1 Å². The van der Waals surface area contributed by atoms with Crippen LogP contribution < -0.4 is 11.2 Å². The van der Waals surface area contributed by atoms with E-state index >= 15 is 0 Å². The van der Waals surface area contributed by atoms with Crippen LogP contribution in [0.25, 0.3) is 11.2 Å². The molecule has 0 aliphatic carbocycles. The molecule has 0 unspecified atom stereocenters. The Morgan fingerprint density at radius 3 is 2.41 bits per heavy atom. The zero-order chi connectivity index (χ0) is 16.5. The molecule has 0 saturated carbocycles. The summed E-state index contributed by atoms with van der Waals surface area (Å²) in [6.45, 7) is 8.52. The maximum Gasteiger partial charge on any atom is 0.332 e. The van der Waals surface area contributed by atoms with Gasteiger partial charge in [0, 0.05) is 6.54 Å². The number of hydrogen-bond donors (Lipinski definition) is 1. The average molecular weight is 308 g/mol. The van der Waals surface area contributed by atoms with Crippen molar-refractivity contribution in [2.75, 3.05) is 27.2 Å². The van der Waals surface area contributed by atoms with Gasteiger partial charge in [-0.2, -0.15) is 0 Å². The van der Waals surface area contributed by atoms with Crippen LogP contribution in [0, 0.1) is 6.92 Å². The van der Waals surface area contributed by atoms with Crippen LogP contribution in [0.5, 0.6) is 0 Å². The molecule has 0 radical (unpaired) electrons. The van der Waals surface area contributed by atoms with E-state index in [4.69, 9.17) is 0 Å². The van der Waals surface area contributed by atoms with Crippen LogP contribution in [0.4, 0.5) is 0 Å². The van der Waals surface area contributed by atoms with Gasteiger partial charge in [-0.25, -0.2) is 9.78 Å². The second-order valence-electron chi connectivity index (χ2n) is 6.39. The van der Waals surface area contributed by atoms with Crippen molar-refractivity contribution >= 4 is 11.2 Å². The maximum absolute atomic E-state index is 12.6. The number of rotatable bonds is 6. The molecular weight excluding hydrogens is 282 g/mol. The van der Waals surface area contributed by atoms with E-state index in [0.717, 1.165) is 24.0 Å². The van der Waals surface area contributed by atoms with E-state index in [9.17, 15) is 9.59 Å². The molecule has 0 bridgehead atoms. The van der Waals surface area contributed by atoms with Gasteiger partial charge in [0.15, 0.2) is 5.65 Å². The van der Waals surface area contributed by atoms with Crippen LogP contribution in [0.1, 0.15) is 26.1 Å². The molecule has 0 spiro atoms. The Labute approximate surface area is 129 Å². The number of nitrogens with one attached hydrogen (secondary N) is 1. The molecule has 7 heteroatoms. The summed E-state index contributed by atoms with van der Waals surface area (Å²) in [5.41, 5.74) is 0.318. The largest absolute Gasteiger partial charge is 0.336 e. The van der Waals surface area contributed by atoms with Gasteiger partial charge in [-0.05, 0) is 20.3 Å². The molecule has 7 nitrogen and oxygen atoms in total.